The van der Waals surface area contributed by atoms with Gasteiger partial charge in [0.05, 0.1) is 6.04 Å². The third-order valence-electron chi connectivity index (χ3n) is 8.67. The van der Waals surface area contributed by atoms with Crippen LogP contribution < -0.4 is 5.32 Å². The molecule has 3 aliphatic heterocycles. The van der Waals surface area contributed by atoms with E-state index in [-0.39, 0.29) is 6.04 Å². The molecule has 0 radical (unpaired) electrons. The van der Waals surface area contributed by atoms with Gasteiger partial charge >= 0.3 is 6.03 Å². The van der Waals surface area contributed by atoms with Crippen molar-refractivity contribution >= 4 is 6.03 Å². The normalized spacial score (nSPS) is 28.9. The van der Waals surface area contributed by atoms with Crippen molar-refractivity contribution in [1.29, 1.82) is 0 Å². The first-order valence-electron chi connectivity index (χ1n) is 12.8. The highest BCUT2D eigenvalue weighted by Crippen LogP contribution is 2.39. The van der Waals surface area contributed by atoms with Crippen molar-refractivity contribution in [2.45, 2.75) is 88.4 Å². The topological polar surface area (TPSA) is 38.8 Å². The summed E-state index contributed by atoms with van der Waals surface area (Å²) in [5.74, 6) is 0. The molecule has 1 N–H and O–H groups in total. The smallest absolute Gasteiger partial charge is 0.319 e. The summed E-state index contributed by atoms with van der Waals surface area (Å²) in [5, 5.41) is 3.51. The summed E-state index contributed by atoms with van der Waals surface area (Å²) in [7, 11) is 0. The van der Waals surface area contributed by atoms with E-state index >= 15 is 0 Å². The SMILES string of the molecule is CC1(N2CCC(N3C(=O)N(C4CCCCC4)C[C@H]3c3ccccc3)CC2)CCNCC1. The molecule has 0 spiro atoms. The second-order valence-corrected chi connectivity index (χ2v) is 10.5. The zero-order valence-corrected chi connectivity index (χ0v) is 19.3. The van der Waals surface area contributed by atoms with Gasteiger partial charge in [-0.15, -0.1) is 0 Å². The molecule has 3 saturated heterocycles. The fourth-order valence-electron chi connectivity index (χ4n) is 6.65. The van der Waals surface area contributed by atoms with E-state index in [0.29, 0.717) is 23.7 Å². The maximum atomic E-state index is 13.8. The molecule has 31 heavy (non-hydrogen) atoms. The van der Waals surface area contributed by atoms with E-state index in [0.717, 1.165) is 45.6 Å². The number of benzene rings is 1. The monoisotopic (exact) mass is 424 g/mol. The van der Waals surface area contributed by atoms with Gasteiger partial charge in [0.2, 0.25) is 0 Å². The highest BCUT2D eigenvalue weighted by atomic mass is 16.2. The quantitative estimate of drug-likeness (QED) is 0.778. The fraction of sp³-hybridized carbons (Fsp3) is 0.731. The standard InChI is InChI=1S/C26H40N4O/c1-26(14-16-27-17-15-26)28-18-12-23(13-19-28)30-24(21-8-4-2-5-9-21)20-29(25(30)31)22-10-6-3-7-11-22/h2,4-5,8-9,22-24,27H,3,6-7,10-20H2,1H3/t24-/m0/s1. The van der Waals surface area contributed by atoms with Crippen LogP contribution in [0, 0.1) is 0 Å². The molecule has 5 rings (SSSR count). The molecule has 5 nitrogen and oxygen atoms in total. The van der Waals surface area contributed by atoms with Gasteiger partial charge in [0, 0.05) is 37.3 Å². The third-order valence-corrected chi connectivity index (χ3v) is 8.67. The molecule has 1 aliphatic carbocycles. The minimum Gasteiger partial charge on any atom is -0.319 e. The molecule has 5 heteroatoms. The lowest BCUT2D eigenvalue weighted by molar-refractivity contribution is 0.0264. The Kier molecular flexibility index (Phi) is 6.25. The fourth-order valence-corrected chi connectivity index (χ4v) is 6.65. The molecule has 1 atom stereocenters. The van der Waals surface area contributed by atoms with Crippen molar-refractivity contribution in [3.05, 3.63) is 35.9 Å². The van der Waals surface area contributed by atoms with Gasteiger partial charge in [-0.05, 0) is 64.1 Å². The Hall–Kier alpha value is -1.59. The van der Waals surface area contributed by atoms with E-state index in [2.05, 4.69) is 57.3 Å². The van der Waals surface area contributed by atoms with Crippen LogP contribution in [0.15, 0.2) is 30.3 Å². The van der Waals surface area contributed by atoms with E-state index in [9.17, 15) is 4.79 Å². The number of carbonyl (C=O) groups excluding carboxylic acids is 1. The molecule has 1 aromatic rings. The van der Waals surface area contributed by atoms with Crippen LogP contribution in [0.5, 0.6) is 0 Å². The number of urea groups is 1. The van der Waals surface area contributed by atoms with Crippen molar-refractivity contribution in [1.82, 2.24) is 20.0 Å². The highest BCUT2D eigenvalue weighted by molar-refractivity contribution is 5.78. The number of hydrogen-bond donors (Lipinski definition) is 1. The first kappa shape index (κ1) is 21.3. The Morgan fingerprint density at radius 3 is 2.26 bits per heavy atom. The molecule has 0 unspecified atom stereocenters. The third kappa shape index (κ3) is 4.23. The van der Waals surface area contributed by atoms with E-state index in [1.54, 1.807) is 0 Å². The van der Waals surface area contributed by atoms with Gasteiger partial charge in [-0.25, -0.2) is 4.79 Å². The van der Waals surface area contributed by atoms with Crippen LogP contribution in [0.1, 0.15) is 76.3 Å². The number of nitrogens with one attached hydrogen (secondary N) is 1. The van der Waals surface area contributed by atoms with Gasteiger partial charge in [-0.3, -0.25) is 4.90 Å². The zero-order valence-electron chi connectivity index (χ0n) is 19.3. The van der Waals surface area contributed by atoms with Crippen LogP contribution >= 0.6 is 0 Å². The van der Waals surface area contributed by atoms with Crippen LogP contribution in [-0.4, -0.2) is 71.1 Å². The average molecular weight is 425 g/mol. The molecule has 1 saturated carbocycles. The number of hydrogen-bond acceptors (Lipinski definition) is 3. The summed E-state index contributed by atoms with van der Waals surface area (Å²) >= 11 is 0. The van der Waals surface area contributed by atoms with Crippen molar-refractivity contribution < 1.29 is 4.79 Å². The Balaban J connectivity index is 1.32. The number of nitrogens with zero attached hydrogens (tertiary/aromatic N) is 3. The molecule has 0 aromatic heterocycles. The summed E-state index contributed by atoms with van der Waals surface area (Å²) in [6, 6.07) is 12.1. The van der Waals surface area contributed by atoms with Crippen LogP contribution in [0.2, 0.25) is 0 Å². The average Bonchev–Trinajstić information content (AvgIpc) is 3.18. The van der Waals surface area contributed by atoms with Gasteiger partial charge in [-0.1, -0.05) is 49.6 Å². The molecular weight excluding hydrogens is 384 g/mol. The maximum absolute atomic E-state index is 13.8. The van der Waals surface area contributed by atoms with E-state index in [4.69, 9.17) is 0 Å². The van der Waals surface area contributed by atoms with Gasteiger partial charge in [0.1, 0.15) is 0 Å². The first-order chi connectivity index (χ1) is 15.2. The minimum atomic E-state index is 0.210. The van der Waals surface area contributed by atoms with Gasteiger partial charge < -0.3 is 15.1 Å². The van der Waals surface area contributed by atoms with Crippen molar-refractivity contribution in [3.8, 4) is 0 Å². The maximum Gasteiger partial charge on any atom is 0.321 e. The lowest BCUT2D eigenvalue weighted by Crippen LogP contribution is -2.57. The Morgan fingerprint density at radius 2 is 1.58 bits per heavy atom. The summed E-state index contributed by atoms with van der Waals surface area (Å²) in [6.07, 6.45) is 10.9. The van der Waals surface area contributed by atoms with Crippen LogP contribution in [0.4, 0.5) is 4.79 Å². The van der Waals surface area contributed by atoms with Crippen LogP contribution in [0.25, 0.3) is 0 Å². The van der Waals surface area contributed by atoms with Crippen LogP contribution in [0.3, 0.4) is 0 Å². The van der Waals surface area contributed by atoms with E-state index in [1.807, 2.05) is 0 Å². The van der Waals surface area contributed by atoms with E-state index in [1.165, 1.54) is 50.5 Å². The lowest BCUT2D eigenvalue weighted by atomic mass is 9.86. The van der Waals surface area contributed by atoms with Crippen molar-refractivity contribution in [2.75, 3.05) is 32.7 Å². The predicted octanol–water partition coefficient (Wildman–Crippen LogP) is 4.40. The molecule has 3 heterocycles. The summed E-state index contributed by atoms with van der Waals surface area (Å²) < 4.78 is 0. The Labute approximate surface area is 188 Å². The second-order valence-electron chi connectivity index (χ2n) is 10.5. The molecule has 4 fully saturated rings. The van der Waals surface area contributed by atoms with Crippen LogP contribution in [-0.2, 0) is 0 Å². The zero-order chi connectivity index (χ0) is 21.3. The molecule has 2 amide bonds. The Morgan fingerprint density at radius 1 is 0.903 bits per heavy atom. The number of rotatable bonds is 4. The summed E-state index contributed by atoms with van der Waals surface area (Å²) in [6.45, 7) is 7.83. The van der Waals surface area contributed by atoms with Gasteiger partial charge in [0.25, 0.3) is 0 Å². The number of amides is 2. The van der Waals surface area contributed by atoms with Gasteiger partial charge in [0.15, 0.2) is 0 Å². The second kappa shape index (κ2) is 9.11. The van der Waals surface area contributed by atoms with E-state index < -0.39 is 0 Å². The Bertz CT molecular complexity index is 733. The number of piperidine rings is 2. The largest absolute Gasteiger partial charge is 0.321 e. The highest BCUT2D eigenvalue weighted by Gasteiger charge is 2.46. The molecular formula is C26H40N4O. The summed E-state index contributed by atoms with van der Waals surface area (Å²) in [5.41, 5.74) is 1.64. The van der Waals surface area contributed by atoms with Gasteiger partial charge in [-0.2, -0.15) is 0 Å². The van der Waals surface area contributed by atoms with Crippen molar-refractivity contribution in [3.63, 3.8) is 0 Å². The van der Waals surface area contributed by atoms with Crippen molar-refractivity contribution in [2.24, 2.45) is 0 Å². The lowest BCUT2D eigenvalue weighted by Gasteiger charge is -2.48. The first-order valence-corrected chi connectivity index (χ1v) is 12.8. The summed E-state index contributed by atoms with van der Waals surface area (Å²) in [4.78, 5) is 21.0. The number of carbonyl (C=O) groups is 1. The molecule has 4 aliphatic rings. The number of likely N-dealkylation sites (tertiary alicyclic amines) is 1. The molecule has 0 bridgehead atoms. The predicted molar refractivity (Wildman–Crippen MR) is 125 cm³/mol. The molecule has 1 aromatic carbocycles. The molecule has 170 valence electrons. The minimum absolute atomic E-state index is 0.210.